The van der Waals surface area contributed by atoms with E-state index in [9.17, 15) is 9.59 Å². The number of benzene rings is 1. The third kappa shape index (κ3) is 10.0. The van der Waals surface area contributed by atoms with Crippen LogP contribution in [0.3, 0.4) is 0 Å². The number of nitrogens with one attached hydrogen (secondary N) is 2. The van der Waals surface area contributed by atoms with Crippen molar-refractivity contribution in [1.82, 2.24) is 10.6 Å². The molecule has 0 spiro atoms. The van der Waals surface area contributed by atoms with Gasteiger partial charge in [-0.1, -0.05) is 57.1 Å². The fourth-order valence-corrected chi connectivity index (χ4v) is 2.82. The van der Waals surface area contributed by atoms with E-state index in [1.807, 2.05) is 7.05 Å². The van der Waals surface area contributed by atoms with Crippen LogP contribution >= 0.6 is 0 Å². The highest BCUT2D eigenvalue weighted by atomic mass is 16.1. The van der Waals surface area contributed by atoms with Gasteiger partial charge in [-0.25, -0.2) is 0 Å². The number of hydrogen-bond acceptors (Lipinski definition) is 3. The Kier molecular flexibility index (Phi) is 11.6. The molecule has 0 saturated heterocycles. The topological polar surface area (TPSA) is 58.2 Å². The number of carbonyl (C=O) groups excluding carboxylic acids is 2. The van der Waals surface area contributed by atoms with Gasteiger partial charge in [0.1, 0.15) is 0 Å². The van der Waals surface area contributed by atoms with Gasteiger partial charge in [0.15, 0.2) is 5.78 Å². The van der Waals surface area contributed by atoms with Crippen molar-refractivity contribution < 1.29 is 9.59 Å². The van der Waals surface area contributed by atoms with Crippen LogP contribution in [0.1, 0.15) is 85.4 Å². The SMILES string of the molecule is CNCCCCCCCCCCCNC(=O)c1ccc(C(C)=O)cc1. The average Bonchev–Trinajstić information content (AvgIpc) is 2.62. The van der Waals surface area contributed by atoms with Crippen LogP contribution in [0, 0.1) is 0 Å². The minimum atomic E-state index is -0.0586. The number of hydrogen-bond donors (Lipinski definition) is 2. The van der Waals surface area contributed by atoms with Crippen LogP contribution in [-0.2, 0) is 0 Å². The quantitative estimate of drug-likeness (QED) is 0.389. The third-order valence-corrected chi connectivity index (χ3v) is 4.44. The lowest BCUT2D eigenvalue weighted by Crippen LogP contribution is -2.24. The predicted molar refractivity (Wildman–Crippen MR) is 104 cm³/mol. The summed E-state index contributed by atoms with van der Waals surface area (Å²) >= 11 is 0. The van der Waals surface area contributed by atoms with Crippen LogP contribution in [0.4, 0.5) is 0 Å². The Bertz CT molecular complexity index is 497. The zero-order valence-electron chi connectivity index (χ0n) is 15.9. The molecule has 0 aliphatic rings. The van der Waals surface area contributed by atoms with E-state index >= 15 is 0 Å². The van der Waals surface area contributed by atoms with E-state index < -0.39 is 0 Å². The van der Waals surface area contributed by atoms with Crippen molar-refractivity contribution in [3.05, 3.63) is 35.4 Å². The molecule has 0 unspecified atom stereocenters. The first-order valence-corrected chi connectivity index (χ1v) is 9.69. The van der Waals surface area contributed by atoms with Crippen molar-refractivity contribution in [3.63, 3.8) is 0 Å². The molecule has 140 valence electrons. The first-order valence-electron chi connectivity index (χ1n) is 9.69. The Morgan fingerprint density at radius 2 is 1.16 bits per heavy atom. The predicted octanol–water partition coefficient (Wildman–Crippen LogP) is 4.35. The lowest BCUT2D eigenvalue weighted by molar-refractivity contribution is 0.0950. The number of ketones is 1. The van der Waals surface area contributed by atoms with Crippen molar-refractivity contribution in [2.45, 2.75) is 64.7 Å². The summed E-state index contributed by atoms with van der Waals surface area (Å²) in [5.74, 6) is -0.0402. The van der Waals surface area contributed by atoms with Crippen LogP contribution in [-0.4, -0.2) is 31.8 Å². The van der Waals surface area contributed by atoms with E-state index in [1.165, 1.54) is 58.3 Å². The van der Waals surface area contributed by atoms with E-state index in [1.54, 1.807) is 24.3 Å². The van der Waals surface area contributed by atoms with Crippen molar-refractivity contribution in [3.8, 4) is 0 Å². The van der Waals surface area contributed by atoms with Crippen LogP contribution in [0.15, 0.2) is 24.3 Å². The number of rotatable bonds is 14. The highest BCUT2D eigenvalue weighted by molar-refractivity contribution is 5.97. The standard InChI is InChI=1S/C21H34N2O2/c1-18(24)19-12-14-20(15-13-19)21(25)23-17-11-9-7-5-3-4-6-8-10-16-22-2/h12-15,22H,3-11,16-17H2,1-2H3,(H,23,25). The molecule has 0 radical (unpaired) electrons. The van der Waals surface area contributed by atoms with E-state index in [0.717, 1.165) is 19.5 Å². The summed E-state index contributed by atoms with van der Waals surface area (Å²) in [6, 6.07) is 6.83. The molecule has 1 aromatic rings. The second-order valence-corrected chi connectivity index (χ2v) is 6.67. The second-order valence-electron chi connectivity index (χ2n) is 6.67. The first kappa shape index (κ1) is 21.4. The maximum absolute atomic E-state index is 12.0. The summed E-state index contributed by atoms with van der Waals surface area (Å²) in [6.07, 6.45) is 11.4. The molecule has 0 aliphatic carbocycles. The minimum absolute atomic E-state index is 0.0184. The van der Waals surface area contributed by atoms with Gasteiger partial charge < -0.3 is 10.6 Å². The Morgan fingerprint density at radius 3 is 1.64 bits per heavy atom. The van der Waals surface area contributed by atoms with Gasteiger partial charge in [0.25, 0.3) is 5.91 Å². The summed E-state index contributed by atoms with van der Waals surface area (Å²) in [6.45, 7) is 3.38. The van der Waals surface area contributed by atoms with E-state index in [2.05, 4.69) is 10.6 Å². The second kappa shape index (κ2) is 13.6. The molecular weight excluding hydrogens is 312 g/mol. The normalized spacial score (nSPS) is 10.6. The van der Waals surface area contributed by atoms with Crippen molar-refractivity contribution in [2.75, 3.05) is 20.1 Å². The summed E-state index contributed by atoms with van der Waals surface area (Å²) in [5, 5.41) is 6.13. The fraction of sp³-hybridized carbons (Fsp3) is 0.619. The fourth-order valence-electron chi connectivity index (χ4n) is 2.82. The molecule has 1 aromatic carbocycles. The zero-order valence-corrected chi connectivity index (χ0v) is 15.9. The van der Waals surface area contributed by atoms with Crippen molar-refractivity contribution in [1.29, 1.82) is 0 Å². The molecule has 2 N–H and O–H groups in total. The Balaban J connectivity index is 1.98. The van der Waals surface area contributed by atoms with Crippen molar-refractivity contribution in [2.24, 2.45) is 0 Å². The van der Waals surface area contributed by atoms with Crippen LogP contribution < -0.4 is 10.6 Å². The maximum atomic E-state index is 12.0. The molecular formula is C21H34N2O2. The molecule has 0 saturated carbocycles. The van der Waals surface area contributed by atoms with Gasteiger partial charge in [-0.3, -0.25) is 9.59 Å². The maximum Gasteiger partial charge on any atom is 0.251 e. The average molecular weight is 347 g/mol. The van der Waals surface area contributed by atoms with Crippen LogP contribution in [0.2, 0.25) is 0 Å². The molecule has 0 fully saturated rings. The lowest BCUT2D eigenvalue weighted by Gasteiger charge is -2.06. The third-order valence-electron chi connectivity index (χ3n) is 4.44. The first-order chi connectivity index (χ1) is 12.1. The van der Waals surface area contributed by atoms with Gasteiger partial charge in [-0.15, -0.1) is 0 Å². The van der Waals surface area contributed by atoms with Crippen LogP contribution in [0.25, 0.3) is 0 Å². The summed E-state index contributed by atoms with van der Waals surface area (Å²) in [7, 11) is 2.01. The zero-order chi connectivity index (χ0) is 18.3. The number of amides is 1. The van der Waals surface area contributed by atoms with Crippen molar-refractivity contribution >= 4 is 11.7 Å². The van der Waals surface area contributed by atoms with Gasteiger partial charge in [0, 0.05) is 17.7 Å². The summed E-state index contributed by atoms with van der Waals surface area (Å²) in [5.41, 5.74) is 1.25. The Morgan fingerprint density at radius 1 is 0.720 bits per heavy atom. The van der Waals surface area contributed by atoms with Gasteiger partial charge in [0.2, 0.25) is 0 Å². The van der Waals surface area contributed by atoms with Crippen LogP contribution in [0.5, 0.6) is 0 Å². The van der Waals surface area contributed by atoms with Gasteiger partial charge in [-0.05, 0) is 45.5 Å². The van der Waals surface area contributed by atoms with Gasteiger partial charge in [0.05, 0.1) is 0 Å². The molecule has 0 aliphatic heterocycles. The molecule has 4 nitrogen and oxygen atoms in total. The number of carbonyl (C=O) groups is 2. The smallest absolute Gasteiger partial charge is 0.251 e. The lowest BCUT2D eigenvalue weighted by atomic mass is 10.1. The minimum Gasteiger partial charge on any atom is -0.352 e. The molecule has 0 atom stereocenters. The van der Waals surface area contributed by atoms with E-state index in [-0.39, 0.29) is 11.7 Å². The van der Waals surface area contributed by atoms with Gasteiger partial charge >= 0.3 is 0 Å². The summed E-state index contributed by atoms with van der Waals surface area (Å²) in [4.78, 5) is 23.2. The number of Topliss-reactive ketones (excluding diaryl/α,β-unsaturated/α-hetero) is 1. The molecule has 4 heteroatoms. The molecule has 0 heterocycles. The number of unbranched alkanes of at least 4 members (excludes halogenated alkanes) is 8. The molecule has 25 heavy (non-hydrogen) atoms. The molecule has 1 amide bonds. The highest BCUT2D eigenvalue weighted by Gasteiger charge is 2.05. The Hall–Kier alpha value is -1.68. The molecule has 1 rings (SSSR count). The van der Waals surface area contributed by atoms with Gasteiger partial charge in [-0.2, -0.15) is 0 Å². The molecule has 0 bridgehead atoms. The largest absolute Gasteiger partial charge is 0.352 e. The monoisotopic (exact) mass is 346 g/mol. The summed E-state index contributed by atoms with van der Waals surface area (Å²) < 4.78 is 0. The highest BCUT2D eigenvalue weighted by Crippen LogP contribution is 2.09. The van der Waals surface area contributed by atoms with E-state index in [4.69, 9.17) is 0 Å². The molecule has 0 aromatic heterocycles. The Labute approximate surface area is 152 Å². The van der Waals surface area contributed by atoms with E-state index in [0.29, 0.717) is 11.1 Å².